The molecule has 2 atom stereocenters. The van der Waals surface area contributed by atoms with Crippen LogP contribution in [0.4, 0.5) is 17.6 Å². The number of rotatable bonds is 6. The van der Waals surface area contributed by atoms with Crippen LogP contribution in [0.3, 0.4) is 0 Å². The minimum atomic E-state index is -4.03. The van der Waals surface area contributed by atoms with Crippen LogP contribution in [0.15, 0.2) is 36.4 Å². The van der Waals surface area contributed by atoms with E-state index in [-0.39, 0.29) is 11.9 Å². The molecule has 0 radical (unpaired) electrons. The summed E-state index contributed by atoms with van der Waals surface area (Å²) in [7, 11) is 0. The number of halogens is 4. The quantitative estimate of drug-likeness (QED) is 0.622. The van der Waals surface area contributed by atoms with Gasteiger partial charge in [0.05, 0.1) is 18.8 Å². The van der Waals surface area contributed by atoms with Crippen molar-refractivity contribution in [1.29, 1.82) is 0 Å². The molecule has 1 aromatic carbocycles. The third-order valence-electron chi connectivity index (χ3n) is 3.85. The van der Waals surface area contributed by atoms with Crippen LogP contribution in [0.2, 0.25) is 0 Å². The highest BCUT2D eigenvalue weighted by molar-refractivity contribution is 5.29. The summed E-state index contributed by atoms with van der Waals surface area (Å²) >= 11 is 0. The maximum absolute atomic E-state index is 13.1. The van der Waals surface area contributed by atoms with Crippen molar-refractivity contribution in [3.63, 3.8) is 0 Å². The van der Waals surface area contributed by atoms with Crippen molar-refractivity contribution in [2.75, 3.05) is 6.61 Å². The Morgan fingerprint density at radius 3 is 2.48 bits per heavy atom. The van der Waals surface area contributed by atoms with Crippen molar-refractivity contribution in [2.24, 2.45) is 5.92 Å². The molecule has 0 aromatic heterocycles. The first-order chi connectivity index (χ1) is 10.9. The molecule has 0 amide bonds. The summed E-state index contributed by atoms with van der Waals surface area (Å²) in [6.45, 7) is 2.85. The summed E-state index contributed by atoms with van der Waals surface area (Å²) in [6.07, 6.45) is -2.84. The lowest BCUT2D eigenvalue weighted by atomic mass is 9.92. The maximum Gasteiger partial charge on any atom is 0.425 e. The van der Waals surface area contributed by atoms with E-state index in [0.717, 1.165) is 31.2 Å². The number of ether oxygens (including phenoxy) is 2. The van der Waals surface area contributed by atoms with E-state index in [9.17, 15) is 17.6 Å². The first kappa shape index (κ1) is 17.8. The largest absolute Gasteiger partial charge is 0.429 e. The molecule has 23 heavy (non-hydrogen) atoms. The van der Waals surface area contributed by atoms with E-state index in [4.69, 9.17) is 4.74 Å². The van der Waals surface area contributed by atoms with Gasteiger partial charge in [-0.2, -0.15) is 17.6 Å². The predicted molar refractivity (Wildman–Crippen MR) is 78.6 cm³/mol. The smallest absolute Gasteiger partial charge is 0.425 e. The zero-order valence-corrected chi connectivity index (χ0v) is 12.9. The zero-order chi connectivity index (χ0) is 16.9. The SMILES string of the molecule is CCCC1CCC(c2ccc(OC(F)(F)C=C(F)F)cc2)OC1. The molecule has 0 spiro atoms. The molecule has 6 heteroatoms. The molecule has 1 saturated heterocycles. The molecule has 0 bridgehead atoms. The fourth-order valence-electron chi connectivity index (χ4n) is 2.77. The van der Waals surface area contributed by atoms with Crippen LogP contribution in [0.1, 0.15) is 44.3 Å². The Morgan fingerprint density at radius 1 is 1.26 bits per heavy atom. The van der Waals surface area contributed by atoms with Crippen LogP contribution in [-0.2, 0) is 4.74 Å². The van der Waals surface area contributed by atoms with E-state index in [1.807, 2.05) is 0 Å². The first-order valence-electron chi connectivity index (χ1n) is 7.72. The molecule has 1 fully saturated rings. The van der Waals surface area contributed by atoms with Crippen molar-refractivity contribution in [3.8, 4) is 5.75 Å². The lowest BCUT2D eigenvalue weighted by Gasteiger charge is -2.29. The van der Waals surface area contributed by atoms with Gasteiger partial charge in [0.2, 0.25) is 0 Å². The molecule has 1 aromatic rings. The lowest BCUT2D eigenvalue weighted by Crippen LogP contribution is -2.22. The average molecular weight is 332 g/mol. The topological polar surface area (TPSA) is 18.5 Å². The highest BCUT2D eigenvalue weighted by Crippen LogP contribution is 2.33. The van der Waals surface area contributed by atoms with Gasteiger partial charge in [0.25, 0.3) is 6.08 Å². The standard InChI is InChI=1S/C17H20F4O2/c1-2-3-12-4-9-15(22-11-12)13-5-7-14(8-6-13)23-17(20,21)10-16(18)19/h5-8,10,12,15H,2-4,9,11H2,1H3. The fourth-order valence-corrected chi connectivity index (χ4v) is 2.77. The second-order valence-corrected chi connectivity index (χ2v) is 5.72. The van der Waals surface area contributed by atoms with Gasteiger partial charge in [-0.25, -0.2) is 0 Å². The minimum Gasteiger partial charge on any atom is -0.429 e. The van der Waals surface area contributed by atoms with Crippen LogP contribution in [0.25, 0.3) is 0 Å². The van der Waals surface area contributed by atoms with Crippen LogP contribution < -0.4 is 4.74 Å². The van der Waals surface area contributed by atoms with Gasteiger partial charge in [-0.15, -0.1) is 0 Å². The van der Waals surface area contributed by atoms with Gasteiger partial charge in [0, 0.05) is 0 Å². The second kappa shape index (κ2) is 7.81. The molecule has 0 aliphatic carbocycles. The fraction of sp³-hybridized carbons (Fsp3) is 0.529. The van der Waals surface area contributed by atoms with E-state index in [1.165, 1.54) is 12.1 Å². The molecule has 128 valence electrons. The van der Waals surface area contributed by atoms with Crippen LogP contribution in [0.5, 0.6) is 5.75 Å². The summed E-state index contributed by atoms with van der Waals surface area (Å²) in [5, 5.41) is 0. The van der Waals surface area contributed by atoms with Gasteiger partial charge >= 0.3 is 6.11 Å². The van der Waals surface area contributed by atoms with Gasteiger partial charge in [-0.05, 0) is 42.9 Å². The minimum absolute atomic E-state index is 0.0548. The number of hydrogen-bond donors (Lipinski definition) is 0. The summed E-state index contributed by atoms with van der Waals surface area (Å²) in [5.41, 5.74) is 0.878. The number of hydrogen-bond acceptors (Lipinski definition) is 2. The van der Waals surface area contributed by atoms with Crippen LogP contribution >= 0.6 is 0 Å². The third kappa shape index (κ3) is 5.53. The highest BCUT2D eigenvalue weighted by atomic mass is 19.3. The highest BCUT2D eigenvalue weighted by Gasteiger charge is 2.30. The second-order valence-electron chi connectivity index (χ2n) is 5.72. The molecule has 1 aliphatic heterocycles. The van der Waals surface area contributed by atoms with Gasteiger partial charge in [-0.1, -0.05) is 25.5 Å². The molecule has 2 unspecified atom stereocenters. The summed E-state index contributed by atoms with van der Waals surface area (Å²) < 4.78 is 60.2. The van der Waals surface area contributed by atoms with E-state index in [2.05, 4.69) is 11.7 Å². The molecule has 0 saturated carbocycles. The summed E-state index contributed by atoms with van der Waals surface area (Å²) in [5.74, 6) is 0.413. The van der Waals surface area contributed by atoms with Crippen molar-refractivity contribution >= 4 is 0 Å². The molecule has 2 nitrogen and oxygen atoms in total. The van der Waals surface area contributed by atoms with Crippen molar-refractivity contribution in [3.05, 3.63) is 42.0 Å². The first-order valence-corrected chi connectivity index (χ1v) is 7.72. The number of benzene rings is 1. The van der Waals surface area contributed by atoms with E-state index in [0.29, 0.717) is 12.5 Å². The van der Waals surface area contributed by atoms with Gasteiger partial charge < -0.3 is 9.47 Å². The Hall–Kier alpha value is -1.56. The van der Waals surface area contributed by atoms with Crippen molar-refractivity contribution in [1.82, 2.24) is 0 Å². The van der Waals surface area contributed by atoms with Crippen LogP contribution in [-0.4, -0.2) is 12.7 Å². The van der Waals surface area contributed by atoms with Crippen LogP contribution in [0, 0.1) is 5.92 Å². The Morgan fingerprint density at radius 2 is 1.96 bits per heavy atom. The van der Waals surface area contributed by atoms with Gasteiger partial charge in [-0.3, -0.25) is 0 Å². The maximum atomic E-state index is 13.1. The normalized spacial score (nSPS) is 21.8. The Balaban J connectivity index is 1.94. The monoisotopic (exact) mass is 332 g/mol. The molecular formula is C17H20F4O2. The lowest BCUT2D eigenvalue weighted by molar-refractivity contribution is -0.133. The molecule has 2 rings (SSSR count). The Bertz CT molecular complexity index is 516. The van der Waals surface area contributed by atoms with E-state index in [1.54, 1.807) is 12.1 Å². The Labute approximate surface area is 133 Å². The van der Waals surface area contributed by atoms with E-state index < -0.39 is 18.3 Å². The molecule has 0 N–H and O–H groups in total. The predicted octanol–water partition coefficient (Wildman–Crippen LogP) is 5.71. The summed E-state index contributed by atoms with van der Waals surface area (Å²) in [6, 6.07) is 5.95. The van der Waals surface area contributed by atoms with E-state index >= 15 is 0 Å². The Kier molecular flexibility index (Phi) is 6.04. The van der Waals surface area contributed by atoms with Crippen molar-refractivity contribution in [2.45, 2.75) is 44.8 Å². The van der Waals surface area contributed by atoms with Gasteiger partial charge in [0.15, 0.2) is 0 Å². The molecule has 1 heterocycles. The summed E-state index contributed by atoms with van der Waals surface area (Å²) in [4.78, 5) is 0. The average Bonchev–Trinajstić information content (AvgIpc) is 2.47. The molecular weight excluding hydrogens is 312 g/mol. The molecule has 1 aliphatic rings. The zero-order valence-electron chi connectivity index (χ0n) is 12.9. The van der Waals surface area contributed by atoms with Gasteiger partial charge in [0.1, 0.15) is 5.75 Å². The third-order valence-corrected chi connectivity index (χ3v) is 3.85. The number of alkyl halides is 2. The van der Waals surface area contributed by atoms with Crippen molar-refractivity contribution < 1.29 is 27.0 Å².